The minimum Gasteiger partial charge on any atom is -0.462 e. The number of esters is 1. The molecule has 0 radical (unpaired) electrons. The van der Waals surface area contributed by atoms with Gasteiger partial charge in [-0.3, -0.25) is 4.79 Å². The van der Waals surface area contributed by atoms with E-state index in [4.69, 9.17) is 4.74 Å². The van der Waals surface area contributed by atoms with Crippen molar-refractivity contribution in [2.45, 2.75) is 122 Å². The van der Waals surface area contributed by atoms with Crippen LogP contribution in [0.5, 0.6) is 0 Å². The zero-order chi connectivity index (χ0) is 17.7. The summed E-state index contributed by atoms with van der Waals surface area (Å²) in [6.07, 6.45) is 18.9. The second-order valence-corrected chi connectivity index (χ2v) is 9.09. The normalized spacial score (nSPS) is 19.7. The molecule has 1 saturated heterocycles. The fraction of sp³-hybridized carbons (Fsp3) is 0.952. The van der Waals surface area contributed by atoms with E-state index >= 15 is 0 Å². The summed E-state index contributed by atoms with van der Waals surface area (Å²) in [5.41, 5.74) is 0. The maximum atomic E-state index is 12.0. The van der Waals surface area contributed by atoms with E-state index in [-0.39, 0.29) is 16.8 Å². The number of ether oxygens (including phenoxy) is 1. The van der Waals surface area contributed by atoms with Crippen LogP contribution in [0.15, 0.2) is 0 Å². The van der Waals surface area contributed by atoms with Crippen LogP contribution in [0, 0.1) is 0 Å². The predicted octanol–water partition coefficient (Wildman–Crippen LogP) is 6.90. The average molecular weight is 357 g/mol. The minimum atomic E-state index is -0.165. The van der Waals surface area contributed by atoms with Crippen molar-refractivity contribution in [2.75, 3.05) is 5.75 Å². The number of carbonyl (C=O) groups excluding carboxylic acids is 1. The summed E-state index contributed by atoms with van der Waals surface area (Å²) in [5.74, 6) is 0.998. The number of thioether (sulfide) groups is 1. The Morgan fingerprint density at radius 2 is 1.29 bits per heavy atom. The standard InChI is InChI=1S/C21H40O2S/c1-4-5-6-7-8-9-10-11-12-13-14-15-16-17-21(18-24-21)20(22)23-19(2)3/h19H,4-18H2,1-3H3. The van der Waals surface area contributed by atoms with E-state index in [1.54, 1.807) is 11.8 Å². The average Bonchev–Trinajstić information content (AvgIpc) is 3.32. The summed E-state index contributed by atoms with van der Waals surface area (Å²) < 4.78 is 5.22. The van der Waals surface area contributed by atoms with Crippen molar-refractivity contribution in [3.05, 3.63) is 0 Å². The second kappa shape index (κ2) is 13.1. The molecule has 0 bridgehead atoms. The molecule has 1 atom stereocenters. The van der Waals surface area contributed by atoms with Gasteiger partial charge in [-0.05, 0) is 20.3 Å². The van der Waals surface area contributed by atoms with E-state index in [1.165, 1.54) is 83.5 Å². The Hall–Kier alpha value is -0.180. The molecule has 3 heteroatoms. The third kappa shape index (κ3) is 9.96. The number of carbonyl (C=O) groups is 1. The lowest BCUT2D eigenvalue weighted by Gasteiger charge is -2.15. The Labute approximate surface area is 154 Å². The molecule has 0 N–H and O–H groups in total. The predicted molar refractivity (Wildman–Crippen MR) is 107 cm³/mol. The first-order valence-electron chi connectivity index (χ1n) is 10.5. The molecule has 0 aromatic carbocycles. The Morgan fingerprint density at radius 1 is 0.875 bits per heavy atom. The van der Waals surface area contributed by atoms with Crippen molar-refractivity contribution in [3.8, 4) is 0 Å². The third-order valence-electron chi connectivity index (χ3n) is 4.89. The van der Waals surface area contributed by atoms with Crippen molar-refractivity contribution in [2.24, 2.45) is 0 Å². The quantitative estimate of drug-likeness (QED) is 0.171. The minimum absolute atomic E-state index is 0.0159. The molecule has 0 aromatic heterocycles. The van der Waals surface area contributed by atoms with Gasteiger partial charge in [-0.2, -0.15) is 0 Å². The highest BCUT2D eigenvalue weighted by Gasteiger charge is 2.52. The number of rotatable bonds is 16. The first-order valence-corrected chi connectivity index (χ1v) is 11.4. The Morgan fingerprint density at radius 3 is 1.67 bits per heavy atom. The molecule has 1 unspecified atom stereocenters. The van der Waals surface area contributed by atoms with Crippen molar-refractivity contribution in [1.29, 1.82) is 0 Å². The molecule has 0 aromatic rings. The summed E-state index contributed by atoms with van der Waals surface area (Å²) in [5, 5.41) is 0. The van der Waals surface area contributed by atoms with Crippen LogP contribution >= 0.6 is 11.8 Å². The molecule has 0 spiro atoms. The molecule has 0 aliphatic carbocycles. The van der Waals surface area contributed by atoms with Gasteiger partial charge in [0.2, 0.25) is 0 Å². The first-order chi connectivity index (χ1) is 11.6. The van der Waals surface area contributed by atoms with Gasteiger partial charge in [-0.15, -0.1) is 11.8 Å². The fourth-order valence-electron chi connectivity index (χ4n) is 3.20. The van der Waals surface area contributed by atoms with Gasteiger partial charge in [0.1, 0.15) is 4.75 Å². The molecule has 1 fully saturated rings. The first kappa shape index (κ1) is 21.9. The highest BCUT2D eigenvalue weighted by Crippen LogP contribution is 2.49. The van der Waals surface area contributed by atoms with E-state index < -0.39 is 0 Å². The molecule has 24 heavy (non-hydrogen) atoms. The van der Waals surface area contributed by atoms with Crippen LogP contribution in [-0.2, 0) is 9.53 Å². The molecule has 0 saturated carbocycles. The molecular formula is C21H40O2S. The topological polar surface area (TPSA) is 26.3 Å². The molecule has 1 rings (SSSR count). The van der Waals surface area contributed by atoms with Crippen LogP contribution in [0.3, 0.4) is 0 Å². The van der Waals surface area contributed by atoms with Crippen LogP contribution in [-0.4, -0.2) is 22.6 Å². The lowest BCUT2D eigenvalue weighted by molar-refractivity contribution is -0.149. The summed E-state index contributed by atoms with van der Waals surface area (Å²) in [4.78, 5) is 12.0. The Bertz CT molecular complexity index is 324. The summed E-state index contributed by atoms with van der Waals surface area (Å²) in [7, 11) is 0. The monoisotopic (exact) mass is 356 g/mol. The SMILES string of the molecule is CCCCCCCCCCCCCCCC1(C(=O)OC(C)C)CS1. The molecule has 1 aliphatic rings. The van der Waals surface area contributed by atoms with Crippen molar-refractivity contribution in [1.82, 2.24) is 0 Å². The number of unbranched alkanes of at least 4 members (excludes halogenated alkanes) is 12. The molecule has 0 amide bonds. The van der Waals surface area contributed by atoms with Crippen LogP contribution in [0.4, 0.5) is 0 Å². The third-order valence-corrected chi connectivity index (χ3v) is 6.25. The maximum absolute atomic E-state index is 12.0. The van der Waals surface area contributed by atoms with E-state index in [9.17, 15) is 4.79 Å². The van der Waals surface area contributed by atoms with Gasteiger partial charge >= 0.3 is 5.97 Å². The van der Waals surface area contributed by atoms with Crippen LogP contribution in [0.25, 0.3) is 0 Å². The molecule has 1 aliphatic heterocycles. The lowest BCUT2D eigenvalue weighted by Crippen LogP contribution is -2.28. The Kier molecular flexibility index (Phi) is 11.9. The van der Waals surface area contributed by atoms with E-state index in [1.807, 2.05) is 13.8 Å². The zero-order valence-electron chi connectivity index (χ0n) is 16.4. The highest BCUT2D eigenvalue weighted by atomic mass is 32.2. The van der Waals surface area contributed by atoms with Crippen LogP contribution in [0.2, 0.25) is 0 Å². The van der Waals surface area contributed by atoms with Crippen molar-refractivity contribution in [3.63, 3.8) is 0 Å². The van der Waals surface area contributed by atoms with Crippen LogP contribution < -0.4 is 0 Å². The van der Waals surface area contributed by atoms with E-state index in [0.29, 0.717) is 0 Å². The highest BCUT2D eigenvalue weighted by molar-refractivity contribution is 8.08. The van der Waals surface area contributed by atoms with Crippen LogP contribution in [0.1, 0.15) is 111 Å². The second-order valence-electron chi connectivity index (χ2n) is 7.73. The summed E-state index contributed by atoms with van der Waals surface area (Å²) >= 11 is 1.78. The van der Waals surface area contributed by atoms with Crippen molar-refractivity contribution >= 4 is 17.7 Å². The summed E-state index contributed by atoms with van der Waals surface area (Å²) in [6.45, 7) is 6.15. The van der Waals surface area contributed by atoms with Crippen molar-refractivity contribution < 1.29 is 9.53 Å². The molecule has 1 heterocycles. The van der Waals surface area contributed by atoms with Gasteiger partial charge in [0.15, 0.2) is 0 Å². The molecule has 142 valence electrons. The lowest BCUT2D eigenvalue weighted by atomic mass is 10.0. The van der Waals surface area contributed by atoms with Gasteiger partial charge in [0.05, 0.1) is 6.10 Å². The van der Waals surface area contributed by atoms with Gasteiger partial charge in [0, 0.05) is 5.75 Å². The summed E-state index contributed by atoms with van der Waals surface area (Å²) in [6, 6.07) is 0. The van der Waals surface area contributed by atoms with E-state index in [2.05, 4.69) is 6.92 Å². The van der Waals surface area contributed by atoms with Gasteiger partial charge in [0.25, 0.3) is 0 Å². The number of hydrogen-bond donors (Lipinski definition) is 0. The largest absolute Gasteiger partial charge is 0.462 e. The van der Waals surface area contributed by atoms with E-state index in [0.717, 1.165) is 12.2 Å². The maximum Gasteiger partial charge on any atom is 0.323 e. The fourth-order valence-corrected chi connectivity index (χ4v) is 4.09. The van der Waals surface area contributed by atoms with Gasteiger partial charge in [-0.1, -0.05) is 90.4 Å². The molecule has 2 nitrogen and oxygen atoms in total. The van der Waals surface area contributed by atoms with Gasteiger partial charge < -0.3 is 4.74 Å². The Balaban J connectivity index is 1.85. The van der Waals surface area contributed by atoms with Gasteiger partial charge in [-0.25, -0.2) is 0 Å². The zero-order valence-corrected chi connectivity index (χ0v) is 17.2. The molecular weight excluding hydrogens is 316 g/mol. The smallest absolute Gasteiger partial charge is 0.323 e. The number of hydrogen-bond acceptors (Lipinski definition) is 3.